The van der Waals surface area contributed by atoms with E-state index < -0.39 is 0 Å². The number of hydrogen-bond donors (Lipinski definition) is 0. The first-order valence-electron chi connectivity index (χ1n) is 18.1. The lowest BCUT2D eigenvalue weighted by Crippen LogP contribution is -2.10. The molecular weight excluding hydrogens is 645 g/mol. The quantitative estimate of drug-likeness (QED) is 0.181. The van der Waals surface area contributed by atoms with Crippen molar-refractivity contribution in [1.29, 1.82) is 0 Å². The minimum atomic E-state index is 0.862. The molecule has 11 rings (SSSR count). The van der Waals surface area contributed by atoms with Gasteiger partial charge in [0.25, 0.3) is 0 Å². The number of fused-ring (bicyclic) bond motifs is 9. The summed E-state index contributed by atoms with van der Waals surface area (Å²) in [7, 11) is 0. The van der Waals surface area contributed by atoms with Crippen molar-refractivity contribution >= 4 is 82.4 Å². The second-order valence-corrected chi connectivity index (χ2v) is 13.7. The maximum Gasteiger partial charge on any atom is 0.159 e. The first-order valence-corrected chi connectivity index (χ1v) is 18.1. The highest BCUT2D eigenvalue weighted by Gasteiger charge is 2.23. The zero-order valence-corrected chi connectivity index (χ0v) is 28.8. The number of rotatable bonds is 5. The third-order valence-corrected chi connectivity index (χ3v) is 10.7. The van der Waals surface area contributed by atoms with E-state index in [9.17, 15) is 0 Å². The predicted molar refractivity (Wildman–Crippen MR) is 223 cm³/mol. The summed E-state index contributed by atoms with van der Waals surface area (Å²) in [6.45, 7) is 0. The van der Waals surface area contributed by atoms with Crippen LogP contribution in [0.5, 0.6) is 0 Å². The van der Waals surface area contributed by atoms with Crippen LogP contribution in [0.2, 0.25) is 0 Å². The molecular formula is C50H32N2O. The molecule has 11 aromatic rings. The summed E-state index contributed by atoms with van der Waals surface area (Å²) in [5.41, 5.74) is 10.7. The van der Waals surface area contributed by atoms with Crippen LogP contribution in [0.1, 0.15) is 0 Å². The van der Waals surface area contributed by atoms with Crippen molar-refractivity contribution in [3.63, 3.8) is 0 Å². The van der Waals surface area contributed by atoms with E-state index in [4.69, 9.17) is 4.42 Å². The fraction of sp³-hybridized carbons (Fsp3) is 0. The average Bonchev–Trinajstić information content (AvgIpc) is 3.78. The molecule has 0 saturated carbocycles. The number of para-hydroxylation sites is 4. The van der Waals surface area contributed by atoms with Crippen LogP contribution < -0.4 is 4.90 Å². The van der Waals surface area contributed by atoms with Gasteiger partial charge in [-0.2, -0.15) is 0 Å². The van der Waals surface area contributed by atoms with Gasteiger partial charge in [-0.15, -0.1) is 0 Å². The molecule has 0 radical (unpaired) electrons. The minimum Gasteiger partial charge on any atom is -0.454 e. The van der Waals surface area contributed by atoms with Crippen molar-refractivity contribution in [2.24, 2.45) is 0 Å². The first kappa shape index (κ1) is 29.6. The molecule has 0 saturated heterocycles. The van der Waals surface area contributed by atoms with Gasteiger partial charge in [-0.3, -0.25) is 0 Å². The van der Waals surface area contributed by atoms with Gasteiger partial charge in [0.1, 0.15) is 5.58 Å². The van der Waals surface area contributed by atoms with E-state index in [2.05, 4.69) is 204 Å². The summed E-state index contributed by atoms with van der Waals surface area (Å²) < 4.78 is 9.47. The van der Waals surface area contributed by atoms with Crippen LogP contribution in [0.25, 0.3) is 82.1 Å². The van der Waals surface area contributed by atoms with Crippen LogP contribution in [-0.4, -0.2) is 4.57 Å². The summed E-state index contributed by atoms with van der Waals surface area (Å²) in [5.74, 6) is 0. The van der Waals surface area contributed by atoms with Crippen LogP contribution >= 0.6 is 0 Å². The number of anilines is 3. The van der Waals surface area contributed by atoms with Crippen molar-refractivity contribution in [3.8, 4) is 16.8 Å². The van der Waals surface area contributed by atoms with Gasteiger partial charge < -0.3 is 13.9 Å². The second-order valence-electron chi connectivity index (χ2n) is 13.7. The van der Waals surface area contributed by atoms with Crippen LogP contribution in [0.15, 0.2) is 199 Å². The Morgan fingerprint density at radius 2 is 1.06 bits per heavy atom. The van der Waals surface area contributed by atoms with Gasteiger partial charge in [0.15, 0.2) is 5.58 Å². The maximum atomic E-state index is 7.09. The van der Waals surface area contributed by atoms with Gasteiger partial charge in [-0.25, -0.2) is 0 Å². The van der Waals surface area contributed by atoms with Crippen molar-refractivity contribution < 1.29 is 4.42 Å². The summed E-state index contributed by atoms with van der Waals surface area (Å²) in [6.07, 6.45) is 0. The topological polar surface area (TPSA) is 21.3 Å². The number of furan rings is 1. The standard InChI is InChI=1S/C50H32N2O/c1-3-17-35(18-4-1)51(37-30-29-33-15-7-8-16-34(33)31-37)46-28-14-25-42-49-39-22-10-9-21-38(39)43(32-47(49)53-50(42)46)40-24-13-27-45-48(40)41-23-11-12-26-44(41)52(45)36-19-5-2-6-20-36/h1-32H. The van der Waals surface area contributed by atoms with E-state index in [0.29, 0.717) is 0 Å². The second kappa shape index (κ2) is 11.7. The summed E-state index contributed by atoms with van der Waals surface area (Å²) >= 11 is 0. The largest absolute Gasteiger partial charge is 0.454 e. The number of aromatic nitrogens is 1. The third-order valence-electron chi connectivity index (χ3n) is 10.7. The van der Waals surface area contributed by atoms with Crippen molar-refractivity contribution in [2.45, 2.75) is 0 Å². The molecule has 248 valence electrons. The summed E-state index contributed by atoms with van der Waals surface area (Å²) in [4.78, 5) is 2.32. The normalized spacial score (nSPS) is 11.8. The van der Waals surface area contributed by atoms with Gasteiger partial charge in [0.2, 0.25) is 0 Å². The molecule has 0 spiro atoms. The molecule has 9 aromatic carbocycles. The summed E-state index contributed by atoms with van der Waals surface area (Å²) in [5, 5.41) is 9.48. The molecule has 53 heavy (non-hydrogen) atoms. The minimum absolute atomic E-state index is 0.862. The molecule has 0 N–H and O–H groups in total. The van der Waals surface area contributed by atoms with Gasteiger partial charge in [-0.1, -0.05) is 133 Å². The molecule has 0 aliphatic rings. The molecule has 2 heterocycles. The van der Waals surface area contributed by atoms with Crippen LogP contribution in [0.3, 0.4) is 0 Å². The number of benzene rings is 9. The fourth-order valence-corrected chi connectivity index (χ4v) is 8.46. The molecule has 0 aliphatic heterocycles. The van der Waals surface area contributed by atoms with E-state index in [1.165, 1.54) is 48.9 Å². The summed E-state index contributed by atoms with van der Waals surface area (Å²) in [6, 6.07) is 69.5. The highest BCUT2D eigenvalue weighted by molar-refractivity contribution is 6.26. The molecule has 0 atom stereocenters. The van der Waals surface area contributed by atoms with E-state index >= 15 is 0 Å². The first-order chi connectivity index (χ1) is 26.3. The third kappa shape index (κ3) is 4.54. The monoisotopic (exact) mass is 676 g/mol. The lowest BCUT2D eigenvalue weighted by atomic mass is 9.92. The highest BCUT2D eigenvalue weighted by Crippen LogP contribution is 2.47. The Labute approximate surface area is 306 Å². The molecule has 3 heteroatoms. The molecule has 2 aromatic heterocycles. The van der Waals surface area contributed by atoms with Crippen molar-refractivity contribution in [1.82, 2.24) is 4.57 Å². The Bertz CT molecular complexity index is 3170. The smallest absolute Gasteiger partial charge is 0.159 e. The van der Waals surface area contributed by atoms with Crippen LogP contribution in [0, 0.1) is 0 Å². The Balaban J connectivity index is 1.19. The predicted octanol–water partition coefficient (Wildman–Crippen LogP) is 14.1. The highest BCUT2D eigenvalue weighted by atomic mass is 16.3. The maximum absolute atomic E-state index is 7.09. The Kier molecular flexibility index (Phi) is 6.55. The molecule has 0 unspecified atom stereocenters. The zero-order valence-electron chi connectivity index (χ0n) is 28.8. The molecule has 0 fully saturated rings. The van der Waals surface area contributed by atoms with Crippen LogP contribution in [0.4, 0.5) is 17.1 Å². The van der Waals surface area contributed by atoms with Gasteiger partial charge >= 0.3 is 0 Å². The van der Waals surface area contributed by atoms with Gasteiger partial charge in [0.05, 0.1) is 16.7 Å². The lowest BCUT2D eigenvalue weighted by molar-refractivity contribution is 0.669. The van der Waals surface area contributed by atoms with E-state index in [1.54, 1.807) is 0 Å². The zero-order chi connectivity index (χ0) is 34.9. The van der Waals surface area contributed by atoms with E-state index in [1.807, 2.05) is 0 Å². The lowest BCUT2D eigenvalue weighted by Gasteiger charge is -2.25. The van der Waals surface area contributed by atoms with E-state index in [-0.39, 0.29) is 0 Å². The van der Waals surface area contributed by atoms with Gasteiger partial charge in [-0.05, 0) is 93.3 Å². The Hall–Kier alpha value is -7.10. The molecule has 0 amide bonds. The number of nitrogens with zero attached hydrogens (tertiary/aromatic N) is 2. The fourth-order valence-electron chi connectivity index (χ4n) is 8.46. The molecule has 3 nitrogen and oxygen atoms in total. The molecule has 0 bridgehead atoms. The van der Waals surface area contributed by atoms with Crippen molar-refractivity contribution in [3.05, 3.63) is 194 Å². The Morgan fingerprint density at radius 1 is 0.396 bits per heavy atom. The van der Waals surface area contributed by atoms with Crippen LogP contribution in [-0.2, 0) is 0 Å². The van der Waals surface area contributed by atoms with E-state index in [0.717, 1.165) is 50.3 Å². The van der Waals surface area contributed by atoms with Crippen molar-refractivity contribution in [2.75, 3.05) is 4.90 Å². The molecule has 0 aliphatic carbocycles. The van der Waals surface area contributed by atoms with Gasteiger partial charge in [0, 0.05) is 38.6 Å². The number of hydrogen-bond acceptors (Lipinski definition) is 2. The Morgan fingerprint density at radius 3 is 1.91 bits per heavy atom. The average molecular weight is 677 g/mol. The SMILES string of the molecule is c1ccc(N(c2ccc3ccccc3c2)c2cccc3c2oc2cc(-c4cccc5c4c4ccccc4n5-c4ccccc4)c4ccccc4c23)cc1.